The van der Waals surface area contributed by atoms with Crippen LogP contribution in [0.3, 0.4) is 0 Å². The van der Waals surface area contributed by atoms with Crippen molar-refractivity contribution in [2.45, 2.75) is 55.9 Å². The Morgan fingerprint density at radius 1 is 0.545 bits per heavy atom. The van der Waals surface area contributed by atoms with Gasteiger partial charge in [-0.1, -0.05) is 55.9 Å². The third kappa shape index (κ3) is 40.0. The molecule has 0 rings (SSSR count). The molecule has 0 atom stereocenters. The summed E-state index contributed by atoms with van der Waals surface area (Å²) in [6.45, 7) is 15.5. The van der Waals surface area contributed by atoms with Crippen LogP contribution in [0.5, 0.6) is 0 Å². The molecule has 0 saturated heterocycles. The van der Waals surface area contributed by atoms with Crippen molar-refractivity contribution in [1.29, 1.82) is 0 Å². The summed E-state index contributed by atoms with van der Waals surface area (Å²) in [5.74, 6) is 2.54. The van der Waals surface area contributed by atoms with Gasteiger partial charge >= 0.3 is 0 Å². The summed E-state index contributed by atoms with van der Waals surface area (Å²) in [4.78, 5) is 0. The van der Waals surface area contributed by atoms with E-state index < -0.39 is 0 Å². The molecular formula is C11H28. The first-order chi connectivity index (χ1) is 4.37. The van der Waals surface area contributed by atoms with E-state index in [0.717, 1.165) is 17.8 Å². The standard InChI is InChI=1S/C6H14.C4H10.CH4/c1-5(2)6(3)4;1-4(2)3;/h5-6H,1-4H3;4H,1-3H3;1H4. The van der Waals surface area contributed by atoms with Crippen molar-refractivity contribution in [2.75, 3.05) is 0 Å². The first kappa shape index (κ1) is 17.2. The lowest BCUT2D eigenvalue weighted by atomic mass is 10.0. The second kappa shape index (κ2) is 10.0. The maximum absolute atomic E-state index is 2.24. The fourth-order valence-electron chi connectivity index (χ4n) is 0. The smallest absolute Gasteiger partial charge is 0.0448 e. The molecule has 0 aliphatic heterocycles. The Morgan fingerprint density at radius 3 is 0.636 bits per heavy atom. The van der Waals surface area contributed by atoms with E-state index in [1.165, 1.54) is 0 Å². The van der Waals surface area contributed by atoms with Crippen LogP contribution >= 0.6 is 0 Å². The van der Waals surface area contributed by atoms with Crippen LogP contribution < -0.4 is 0 Å². The van der Waals surface area contributed by atoms with Crippen molar-refractivity contribution in [1.82, 2.24) is 0 Å². The minimum atomic E-state index is 0. The van der Waals surface area contributed by atoms with Gasteiger partial charge in [0.1, 0.15) is 0 Å². The monoisotopic (exact) mass is 160 g/mol. The van der Waals surface area contributed by atoms with Crippen molar-refractivity contribution < 1.29 is 0 Å². The van der Waals surface area contributed by atoms with Crippen molar-refractivity contribution in [3.63, 3.8) is 0 Å². The van der Waals surface area contributed by atoms with Crippen LogP contribution in [0.25, 0.3) is 0 Å². The summed E-state index contributed by atoms with van der Waals surface area (Å²) in [7, 11) is 0. The van der Waals surface area contributed by atoms with Gasteiger partial charge < -0.3 is 0 Å². The SMILES string of the molecule is C.CC(C)C.CC(C)C(C)C. The number of hydrogen-bond acceptors (Lipinski definition) is 0. The van der Waals surface area contributed by atoms with Gasteiger partial charge in [0, 0.05) is 0 Å². The van der Waals surface area contributed by atoms with Gasteiger partial charge in [-0.15, -0.1) is 0 Å². The molecule has 72 valence electrons. The van der Waals surface area contributed by atoms with Gasteiger partial charge in [-0.3, -0.25) is 0 Å². The molecule has 0 aromatic rings. The Hall–Kier alpha value is 0. The van der Waals surface area contributed by atoms with Gasteiger partial charge in [0.25, 0.3) is 0 Å². The molecule has 0 aliphatic carbocycles. The molecule has 0 amide bonds. The normalized spacial score (nSPS) is 9.27. The average molecular weight is 160 g/mol. The molecule has 0 fully saturated rings. The van der Waals surface area contributed by atoms with Crippen LogP contribution in [0.15, 0.2) is 0 Å². The molecule has 0 heteroatoms. The average Bonchev–Trinajstić information content (AvgIpc) is 1.63. The number of hydrogen-bond donors (Lipinski definition) is 0. The molecule has 0 nitrogen and oxygen atoms in total. The van der Waals surface area contributed by atoms with Crippen molar-refractivity contribution in [2.24, 2.45) is 17.8 Å². The quantitative estimate of drug-likeness (QED) is 0.526. The minimum absolute atomic E-state index is 0. The molecule has 0 unspecified atom stereocenters. The summed E-state index contributed by atoms with van der Waals surface area (Å²) in [5, 5.41) is 0. The van der Waals surface area contributed by atoms with Crippen molar-refractivity contribution in [3.05, 3.63) is 0 Å². The fraction of sp³-hybridized carbons (Fsp3) is 1.00. The molecule has 0 aromatic heterocycles. The van der Waals surface area contributed by atoms with E-state index in [1.807, 2.05) is 0 Å². The molecule has 11 heavy (non-hydrogen) atoms. The first-order valence-electron chi connectivity index (χ1n) is 4.37. The third-order valence-corrected chi connectivity index (χ3v) is 1.33. The third-order valence-electron chi connectivity index (χ3n) is 1.33. The highest BCUT2D eigenvalue weighted by molar-refractivity contribution is 4.46. The molecule has 0 aliphatic rings. The lowest BCUT2D eigenvalue weighted by Crippen LogP contribution is -1.95. The van der Waals surface area contributed by atoms with E-state index >= 15 is 0 Å². The molecule has 0 radical (unpaired) electrons. The summed E-state index contributed by atoms with van der Waals surface area (Å²) in [6.07, 6.45) is 0. The second-order valence-corrected chi connectivity index (χ2v) is 4.22. The van der Waals surface area contributed by atoms with Gasteiger partial charge in [0.05, 0.1) is 0 Å². The van der Waals surface area contributed by atoms with E-state index in [-0.39, 0.29) is 7.43 Å². The number of rotatable bonds is 1. The zero-order chi connectivity index (χ0) is 8.73. The Bertz CT molecular complexity index is 42.3. The van der Waals surface area contributed by atoms with Gasteiger partial charge in [0.15, 0.2) is 0 Å². The molecule has 0 saturated carbocycles. The summed E-state index contributed by atoms with van der Waals surface area (Å²) >= 11 is 0. The highest BCUT2D eigenvalue weighted by Crippen LogP contribution is 2.05. The van der Waals surface area contributed by atoms with Crippen molar-refractivity contribution >= 4 is 0 Å². The molecular weight excluding hydrogens is 132 g/mol. The Balaban J connectivity index is -0.000000114. The lowest BCUT2D eigenvalue weighted by Gasteiger charge is -2.05. The van der Waals surface area contributed by atoms with E-state index in [1.54, 1.807) is 0 Å². The molecule has 0 aromatic carbocycles. The van der Waals surface area contributed by atoms with Crippen LogP contribution in [0.2, 0.25) is 0 Å². The van der Waals surface area contributed by atoms with E-state index in [0.29, 0.717) is 0 Å². The van der Waals surface area contributed by atoms with Crippen LogP contribution in [-0.4, -0.2) is 0 Å². The molecule has 0 heterocycles. The lowest BCUT2D eigenvalue weighted by molar-refractivity contribution is 0.457. The Morgan fingerprint density at radius 2 is 0.636 bits per heavy atom. The zero-order valence-corrected chi connectivity index (χ0v) is 8.73. The zero-order valence-electron chi connectivity index (χ0n) is 8.73. The predicted octanol–water partition coefficient (Wildman–Crippen LogP) is 4.60. The molecule has 0 N–H and O–H groups in total. The summed E-state index contributed by atoms with van der Waals surface area (Å²) in [5.41, 5.74) is 0. The highest BCUT2D eigenvalue weighted by Gasteiger charge is 1.95. The van der Waals surface area contributed by atoms with Gasteiger partial charge in [-0.2, -0.15) is 0 Å². The van der Waals surface area contributed by atoms with Gasteiger partial charge in [-0.05, 0) is 17.8 Å². The minimum Gasteiger partial charge on any atom is -0.0776 e. The summed E-state index contributed by atoms with van der Waals surface area (Å²) in [6, 6.07) is 0. The van der Waals surface area contributed by atoms with E-state index in [4.69, 9.17) is 0 Å². The van der Waals surface area contributed by atoms with Crippen LogP contribution in [0.1, 0.15) is 55.9 Å². The molecule has 0 spiro atoms. The Labute approximate surface area is 74.4 Å². The Kier molecular flexibility index (Phi) is 15.6. The summed E-state index contributed by atoms with van der Waals surface area (Å²) < 4.78 is 0. The van der Waals surface area contributed by atoms with Crippen LogP contribution in [0.4, 0.5) is 0 Å². The van der Waals surface area contributed by atoms with Crippen LogP contribution in [0, 0.1) is 17.8 Å². The maximum Gasteiger partial charge on any atom is -0.0448 e. The van der Waals surface area contributed by atoms with Gasteiger partial charge in [0.2, 0.25) is 0 Å². The predicted molar refractivity (Wildman–Crippen MR) is 56.9 cm³/mol. The molecule has 0 bridgehead atoms. The second-order valence-electron chi connectivity index (χ2n) is 4.22. The van der Waals surface area contributed by atoms with E-state index in [9.17, 15) is 0 Å². The van der Waals surface area contributed by atoms with E-state index in [2.05, 4.69) is 48.5 Å². The topological polar surface area (TPSA) is 0 Å². The fourth-order valence-corrected chi connectivity index (χ4v) is 0. The van der Waals surface area contributed by atoms with Crippen LogP contribution in [-0.2, 0) is 0 Å². The van der Waals surface area contributed by atoms with Crippen molar-refractivity contribution in [3.8, 4) is 0 Å². The maximum atomic E-state index is 2.24. The largest absolute Gasteiger partial charge is 0.0776 e. The highest BCUT2D eigenvalue weighted by atomic mass is 14.0. The first-order valence-corrected chi connectivity index (χ1v) is 4.37. The van der Waals surface area contributed by atoms with Gasteiger partial charge in [-0.25, -0.2) is 0 Å².